The summed E-state index contributed by atoms with van der Waals surface area (Å²) >= 11 is 4.85. The molecule has 4 aromatic rings. The number of thioether (sulfide) groups is 1. The van der Waals surface area contributed by atoms with Gasteiger partial charge in [-0.15, -0.1) is 0 Å². The number of aliphatic carboxylic acids is 1. The lowest BCUT2D eigenvalue weighted by atomic mass is 10.0. The highest BCUT2D eigenvalue weighted by molar-refractivity contribution is 9.10. The van der Waals surface area contributed by atoms with Crippen molar-refractivity contribution >= 4 is 55.6 Å². The van der Waals surface area contributed by atoms with Crippen molar-refractivity contribution in [3.63, 3.8) is 0 Å². The zero-order chi connectivity index (χ0) is 19.0. The molecule has 0 aliphatic carbocycles. The number of carboxylic acid groups (broad SMARTS) is 1. The topological polar surface area (TPSA) is 68.0 Å². The van der Waals surface area contributed by atoms with E-state index in [4.69, 9.17) is 0 Å². The van der Waals surface area contributed by atoms with E-state index in [-0.39, 0.29) is 0 Å². The first-order chi connectivity index (χ1) is 13.0. The van der Waals surface area contributed by atoms with E-state index in [1.54, 1.807) is 13.1 Å². The van der Waals surface area contributed by atoms with Crippen LogP contribution in [0.1, 0.15) is 12.5 Å². The summed E-state index contributed by atoms with van der Waals surface area (Å²) in [5, 5.41) is 11.7. The van der Waals surface area contributed by atoms with Gasteiger partial charge in [-0.05, 0) is 41.5 Å². The number of nitrogens with zero attached hydrogens (tertiary/aromatic N) is 3. The first-order valence-corrected chi connectivity index (χ1v) is 10.1. The van der Waals surface area contributed by atoms with E-state index in [0.717, 1.165) is 26.3 Å². The Hall–Kier alpha value is -2.38. The molecule has 0 aliphatic rings. The predicted molar refractivity (Wildman–Crippen MR) is 111 cm³/mol. The van der Waals surface area contributed by atoms with Gasteiger partial charge in [0.05, 0.1) is 12.1 Å². The zero-order valence-electron chi connectivity index (χ0n) is 14.5. The maximum atomic E-state index is 11.3. The summed E-state index contributed by atoms with van der Waals surface area (Å²) in [5.74, 6) is -0.861. The van der Waals surface area contributed by atoms with Crippen molar-refractivity contribution in [2.45, 2.75) is 23.9 Å². The highest BCUT2D eigenvalue weighted by Gasteiger charge is 2.19. The van der Waals surface area contributed by atoms with Crippen LogP contribution in [0.3, 0.4) is 0 Å². The largest absolute Gasteiger partial charge is 0.480 e. The normalized spacial score (nSPS) is 12.5. The van der Waals surface area contributed by atoms with Gasteiger partial charge in [0.15, 0.2) is 10.8 Å². The van der Waals surface area contributed by atoms with Crippen molar-refractivity contribution in [2.75, 3.05) is 0 Å². The molecule has 0 aliphatic heterocycles. The smallest absolute Gasteiger partial charge is 0.316 e. The average Bonchev–Trinajstić information content (AvgIpc) is 3.01. The van der Waals surface area contributed by atoms with E-state index >= 15 is 0 Å². The molecule has 2 aromatic heterocycles. The lowest BCUT2D eigenvalue weighted by Gasteiger charge is -2.13. The van der Waals surface area contributed by atoms with Gasteiger partial charge in [0.25, 0.3) is 0 Å². The molecular weight excluding hydrogens is 426 g/mol. The maximum Gasteiger partial charge on any atom is 0.316 e. The second kappa shape index (κ2) is 7.32. The molecular formula is C20H16BrN3O2S. The van der Waals surface area contributed by atoms with Gasteiger partial charge in [-0.3, -0.25) is 4.79 Å². The molecule has 0 bridgehead atoms. The van der Waals surface area contributed by atoms with Crippen molar-refractivity contribution in [1.82, 2.24) is 14.5 Å². The van der Waals surface area contributed by atoms with Crippen LogP contribution in [0, 0.1) is 0 Å². The van der Waals surface area contributed by atoms with Crippen molar-refractivity contribution in [3.05, 3.63) is 64.8 Å². The summed E-state index contributed by atoms with van der Waals surface area (Å²) in [4.78, 5) is 20.2. The Labute approximate surface area is 168 Å². The second-order valence-electron chi connectivity index (χ2n) is 6.18. The molecule has 0 saturated carbocycles. The molecule has 0 fully saturated rings. The fourth-order valence-corrected chi connectivity index (χ4v) is 4.35. The summed E-state index contributed by atoms with van der Waals surface area (Å²) in [6, 6.07) is 16.2. The molecule has 0 amide bonds. The van der Waals surface area contributed by atoms with E-state index in [0.29, 0.717) is 17.3 Å². The van der Waals surface area contributed by atoms with Gasteiger partial charge in [0.1, 0.15) is 5.25 Å². The van der Waals surface area contributed by atoms with Gasteiger partial charge in [-0.2, -0.15) is 0 Å². The summed E-state index contributed by atoms with van der Waals surface area (Å²) in [6.07, 6.45) is 1.70. The maximum absolute atomic E-state index is 11.3. The number of carboxylic acids is 1. The number of pyridine rings is 1. The SMILES string of the molecule is CC(Sc1nc2ncccc2n1Cc1ccc(Br)c2ccccc12)C(=O)O. The van der Waals surface area contributed by atoms with Gasteiger partial charge in [0, 0.05) is 10.7 Å². The Morgan fingerprint density at radius 1 is 1.19 bits per heavy atom. The molecule has 4 rings (SSSR count). The number of fused-ring (bicyclic) bond motifs is 2. The van der Waals surface area contributed by atoms with E-state index in [9.17, 15) is 9.90 Å². The summed E-state index contributed by atoms with van der Waals surface area (Å²) in [7, 11) is 0. The molecule has 1 N–H and O–H groups in total. The van der Waals surface area contributed by atoms with Crippen molar-refractivity contribution in [3.8, 4) is 0 Å². The number of benzene rings is 2. The molecule has 7 heteroatoms. The molecule has 0 saturated heterocycles. The molecule has 1 atom stereocenters. The molecule has 27 heavy (non-hydrogen) atoms. The Morgan fingerprint density at radius 3 is 2.74 bits per heavy atom. The number of imidazole rings is 1. The molecule has 5 nitrogen and oxygen atoms in total. The van der Waals surface area contributed by atoms with Gasteiger partial charge < -0.3 is 9.67 Å². The quantitative estimate of drug-likeness (QED) is 0.443. The number of carbonyl (C=O) groups is 1. The van der Waals surface area contributed by atoms with Gasteiger partial charge >= 0.3 is 5.97 Å². The number of rotatable bonds is 5. The minimum atomic E-state index is -0.861. The van der Waals surface area contributed by atoms with Crippen LogP contribution in [0.15, 0.2) is 64.4 Å². The van der Waals surface area contributed by atoms with Gasteiger partial charge in [-0.25, -0.2) is 9.97 Å². The Bertz CT molecular complexity index is 1160. The first-order valence-electron chi connectivity index (χ1n) is 8.41. The Balaban J connectivity index is 1.84. The first kappa shape index (κ1) is 18.0. The fraction of sp³-hybridized carbons (Fsp3) is 0.150. The zero-order valence-corrected chi connectivity index (χ0v) is 16.9. The molecule has 1 unspecified atom stereocenters. The lowest BCUT2D eigenvalue weighted by molar-refractivity contribution is -0.136. The van der Waals surface area contributed by atoms with Gasteiger partial charge in [0.2, 0.25) is 0 Å². The minimum Gasteiger partial charge on any atom is -0.480 e. The number of aromatic nitrogens is 3. The molecule has 0 spiro atoms. The Kier molecular flexibility index (Phi) is 4.88. The van der Waals surface area contributed by atoms with Crippen LogP contribution in [0.4, 0.5) is 0 Å². The second-order valence-corrected chi connectivity index (χ2v) is 8.34. The predicted octanol–water partition coefficient (Wildman–Crippen LogP) is 4.96. The third-order valence-corrected chi connectivity index (χ3v) is 6.18. The monoisotopic (exact) mass is 441 g/mol. The number of hydrogen-bond donors (Lipinski definition) is 1. The van der Waals surface area contributed by atoms with Crippen LogP contribution < -0.4 is 0 Å². The van der Waals surface area contributed by atoms with E-state index in [1.807, 2.05) is 34.9 Å². The fourth-order valence-electron chi connectivity index (χ4n) is 3.02. The van der Waals surface area contributed by atoms with Crippen molar-refractivity contribution in [1.29, 1.82) is 0 Å². The van der Waals surface area contributed by atoms with Gasteiger partial charge in [-0.1, -0.05) is 58.0 Å². The number of halogens is 1. The van der Waals surface area contributed by atoms with Crippen molar-refractivity contribution in [2.24, 2.45) is 0 Å². The lowest BCUT2D eigenvalue weighted by Crippen LogP contribution is -2.13. The van der Waals surface area contributed by atoms with Crippen LogP contribution in [0.5, 0.6) is 0 Å². The van der Waals surface area contributed by atoms with E-state index in [1.165, 1.54) is 11.8 Å². The minimum absolute atomic E-state index is 0.588. The van der Waals surface area contributed by atoms with E-state index in [2.05, 4.69) is 44.1 Å². The number of hydrogen-bond acceptors (Lipinski definition) is 4. The molecule has 2 aromatic carbocycles. The highest BCUT2D eigenvalue weighted by atomic mass is 79.9. The van der Waals surface area contributed by atoms with Crippen LogP contribution >= 0.6 is 27.7 Å². The standard InChI is InChI=1S/C20H16BrN3O2S/c1-12(19(25)26)27-20-23-18-17(7-4-10-22-18)24(20)11-13-8-9-16(21)15-6-3-2-5-14(13)15/h2-10,12H,11H2,1H3,(H,25,26). The van der Waals surface area contributed by atoms with Crippen molar-refractivity contribution < 1.29 is 9.90 Å². The molecule has 2 heterocycles. The third kappa shape index (κ3) is 3.44. The van der Waals surface area contributed by atoms with Crippen LogP contribution in [-0.4, -0.2) is 30.9 Å². The molecule has 136 valence electrons. The summed E-state index contributed by atoms with van der Waals surface area (Å²) < 4.78 is 3.09. The highest BCUT2D eigenvalue weighted by Crippen LogP contribution is 2.31. The van der Waals surface area contributed by atoms with E-state index < -0.39 is 11.2 Å². The van der Waals surface area contributed by atoms with Crippen LogP contribution in [0.2, 0.25) is 0 Å². The summed E-state index contributed by atoms with van der Waals surface area (Å²) in [5.41, 5.74) is 2.66. The Morgan fingerprint density at radius 2 is 1.96 bits per heavy atom. The molecule has 0 radical (unpaired) electrons. The third-order valence-electron chi connectivity index (χ3n) is 4.41. The summed E-state index contributed by atoms with van der Waals surface area (Å²) in [6.45, 7) is 2.25. The average molecular weight is 442 g/mol. The van der Waals surface area contributed by atoms with Crippen LogP contribution in [-0.2, 0) is 11.3 Å². The van der Waals surface area contributed by atoms with Crippen LogP contribution in [0.25, 0.3) is 21.9 Å².